The highest BCUT2D eigenvalue weighted by Gasteiger charge is 2.43. The molecule has 0 saturated heterocycles. The molecule has 0 spiro atoms. The van der Waals surface area contributed by atoms with Crippen LogP contribution in [0.5, 0.6) is 0 Å². The number of benzene rings is 1. The van der Waals surface area contributed by atoms with Crippen LogP contribution in [0.4, 0.5) is 4.39 Å². The minimum Gasteiger partial charge on any atom is -0.207 e. The first-order chi connectivity index (χ1) is 6.65. The topological polar surface area (TPSA) is 23.8 Å². The minimum absolute atomic E-state index is 0.212. The standard InChI is InChI=1S/C11H9BrFN/c12-10-2-1-9(13)5-8(10)6-11(7-14)3-4-11/h1-2,5H,3-4,6H2. The van der Waals surface area contributed by atoms with E-state index >= 15 is 0 Å². The van der Waals surface area contributed by atoms with E-state index in [1.807, 2.05) is 0 Å². The summed E-state index contributed by atoms with van der Waals surface area (Å²) in [7, 11) is 0. The first kappa shape index (κ1) is 9.67. The van der Waals surface area contributed by atoms with Gasteiger partial charge in [0, 0.05) is 4.47 Å². The highest BCUT2D eigenvalue weighted by Crippen LogP contribution is 2.48. The Bertz CT molecular complexity index is 404. The van der Waals surface area contributed by atoms with Crippen LogP contribution in [-0.2, 0) is 6.42 Å². The monoisotopic (exact) mass is 253 g/mol. The second kappa shape index (κ2) is 3.36. The Kier molecular flexibility index (Phi) is 2.32. The summed E-state index contributed by atoms with van der Waals surface area (Å²) in [5.74, 6) is -0.239. The summed E-state index contributed by atoms with van der Waals surface area (Å²) in [5, 5.41) is 8.92. The van der Waals surface area contributed by atoms with Crippen LogP contribution in [0, 0.1) is 22.6 Å². The maximum atomic E-state index is 12.9. The molecule has 0 unspecified atom stereocenters. The molecule has 14 heavy (non-hydrogen) atoms. The van der Waals surface area contributed by atoms with E-state index < -0.39 is 0 Å². The van der Waals surface area contributed by atoms with E-state index in [0.29, 0.717) is 6.42 Å². The molecular formula is C11H9BrFN. The molecular weight excluding hydrogens is 245 g/mol. The van der Waals surface area contributed by atoms with Gasteiger partial charge in [-0.25, -0.2) is 4.39 Å². The van der Waals surface area contributed by atoms with Crippen molar-refractivity contribution in [1.29, 1.82) is 5.26 Å². The molecule has 1 saturated carbocycles. The number of halogens is 2. The van der Waals surface area contributed by atoms with Crippen LogP contribution < -0.4 is 0 Å². The van der Waals surface area contributed by atoms with Crippen molar-refractivity contribution in [1.82, 2.24) is 0 Å². The lowest BCUT2D eigenvalue weighted by Crippen LogP contribution is -2.02. The predicted molar refractivity (Wildman–Crippen MR) is 55.1 cm³/mol. The molecule has 0 heterocycles. The van der Waals surface area contributed by atoms with Crippen molar-refractivity contribution in [3.63, 3.8) is 0 Å². The Morgan fingerprint density at radius 3 is 2.79 bits per heavy atom. The van der Waals surface area contributed by atoms with E-state index in [1.54, 1.807) is 6.07 Å². The number of nitriles is 1. The normalized spacial score (nSPS) is 17.5. The first-order valence-corrected chi connectivity index (χ1v) is 5.30. The summed E-state index contributed by atoms with van der Waals surface area (Å²) in [6, 6.07) is 6.91. The summed E-state index contributed by atoms with van der Waals surface area (Å²) >= 11 is 3.36. The molecule has 1 aliphatic rings. The van der Waals surface area contributed by atoms with Crippen LogP contribution in [-0.4, -0.2) is 0 Å². The lowest BCUT2D eigenvalue weighted by atomic mass is 9.98. The van der Waals surface area contributed by atoms with Crippen molar-refractivity contribution >= 4 is 15.9 Å². The average molecular weight is 254 g/mol. The first-order valence-electron chi connectivity index (χ1n) is 4.50. The maximum absolute atomic E-state index is 12.9. The Balaban J connectivity index is 2.25. The minimum atomic E-state index is -0.239. The summed E-state index contributed by atoms with van der Waals surface area (Å²) in [5.41, 5.74) is 0.681. The molecule has 0 aromatic heterocycles. The number of hydrogen-bond acceptors (Lipinski definition) is 1. The van der Waals surface area contributed by atoms with Crippen molar-refractivity contribution in [3.05, 3.63) is 34.1 Å². The number of rotatable bonds is 2. The zero-order valence-corrected chi connectivity index (χ0v) is 9.14. The highest BCUT2D eigenvalue weighted by atomic mass is 79.9. The molecule has 72 valence electrons. The van der Waals surface area contributed by atoms with E-state index in [0.717, 1.165) is 22.9 Å². The van der Waals surface area contributed by atoms with Crippen LogP contribution in [0.15, 0.2) is 22.7 Å². The molecule has 0 N–H and O–H groups in total. The van der Waals surface area contributed by atoms with Crippen LogP contribution in [0.1, 0.15) is 18.4 Å². The van der Waals surface area contributed by atoms with E-state index in [-0.39, 0.29) is 11.2 Å². The Morgan fingerprint density at radius 2 is 2.21 bits per heavy atom. The van der Waals surface area contributed by atoms with Gasteiger partial charge in [-0.05, 0) is 43.0 Å². The van der Waals surface area contributed by atoms with Gasteiger partial charge in [0.15, 0.2) is 0 Å². The van der Waals surface area contributed by atoms with Crippen LogP contribution in [0.25, 0.3) is 0 Å². The fourth-order valence-electron chi connectivity index (χ4n) is 1.52. The van der Waals surface area contributed by atoms with E-state index in [1.165, 1.54) is 12.1 Å². The van der Waals surface area contributed by atoms with E-state index in [2.05, 4.69) is 22.0 Å². The van der Waals surface area contributed by atoms with Gasteiger partial charge < -0.3 is 0 Å². The smallest absolute Gasteiger partial charge is 0.123 e. The molecule has 1 aromatic rings. The molecule has 3 heteroatoms. The van der Waals surface area contributed by atoms with Gasteiger partial charge in [0.25, 0.3) is 0 Å². The number of nitrogens with zero attached hydrogens (tertiary/aromatic N) is 1. The second-order valence-electron chi connectivity index (χ2n) is 3.80. The molecule has 0 bridgehead atoms. The maximum Gasteiger partial charge on any atom is 0.123 e. The summed E-state index contributed by atoms with van der Waals surface area (Å²) in [6.07, 6.45) is 2.53. The van der Waals surface area contributed by atoms with E-state index in [4.69, 9.17) is 5.26 Å². The van der Waals surface area contributed by atoms with Crippen LogP contribution >= 0.6 is 15.9 Å². The summed E-state index contributed by atoms with van der Waals surface area (Å²) in [4.78, 5) is 0. The van der Waals surface area contributed by atoms with Gasteiger partial charge in [0.2, 0.25) is 0 Å². The number of hydrogen-bond donors (Lipinski definition) is 0. The Labute approximate surface area is 90.7 Å². The molecule has 1 fully saturated rings. The third-order valence-electron chi connectivity index (χ3n) is 2.63. The zero-order chi connectivity index (χ0) is 10.2. The van der Waals surface area contributed by atoms with Gasteiger partial charge in [0.05, 0.1) is 11.5 Å². The van der Waals surface area contributed by atoms with Gasteiger partial charge in [0.1, 0.15) is 5.82 Å². The largest absolute Gasteiger partial charge is 0.207 e. The molecule has 2 rings (SSSR count). The van der Waals surface area contributed by atoms with Gasteiger partial charge in [-0.2, -0.15) is 5.26 Å². The van der Waals surface area contributed by atoms with Gasteiger partial charge >= 0.3 is 0 Å². The molecule has 1 aliphatic carbocycles. The lowest BCUT2D eigenvalue weighted by molar-refractivity contribution is 0.615. The Hall–Kier alpha value is -0.880. The zero-order valence-electron chi connectivity index (χ0n) is 7.56. The third kappa shape index (κ3) is 1.80. The molecule has 1 aromatic carbocycles. The van der Waals surface area contributed by atoms with Crippen molar-refractivity contribution < 1.29 is 4.39 Å². The van der Waals surface area contributed by atoms with Gasteiger partial charge in [-0.15, -0.1) is 0 Å². The highest BCUT2D eigenvalue weighted by molar-refractivity contribution is 9.10. The Morgan fingerprint density at radius 1 is 1.50 bits per heavy atom. The van der Waals surface area contributed by atoms with Crippen molar-refractivity contribution in [2.45, 2.75) is 19.3 Å². The van der Waals surface area contributed by atoms with Crippen molar-refractivity contribution in [3.8, 4) is 6.07 Å². The molecule has 0 aliphatic heterocycles. The fraction of sp³-hybridized carbons (Fsp3) is 0.364. The quantitative estimate of drug-likeness (QED) is 0.793. The van der Waals surface area contributed by atoms with Crippen LogP contribution in [0.2, 0.25) is 0 Å². The van der Waals surface area contributed by atoms with Crippen molar-refractivity contribution in [2.24, 2.45) is 5.41 Å². The average Bonchev–Trinajstić information content (AvgIpc) is 2.92. The molecule has 1 nitrogen and oxygen atoms in total. The summed E-state index contributed by atoms with van der Waals surface area (Å²) < 4.78 is 13.8. The second-order valence-corrected chi connectivity index (χ2v) is 4.66. The fourth-order valence-corrected chi connectivity index (χ4v) is 1.91. The lowest BCUT2D eigenvalue weighted by Gasteiger charge is -2.07. The third-order valence-corrected chi connectivity index (χ3v) is 3.40. The van der Waals surface area contributed by atoms with Crippen molar-refractivity contribution in [2.75, 3.05) is 0 Å². The van der Waals surface area contributed by atoms with E-state index in [9.17, 15) is 4.39 Å². The predicted octanol–water partition coefficient (Wildman–Crippen LogP) is 3.43. The molecule has 0 atom stereocenters. The van der Waals surface area contributed by atoms with Crippen LogP contribution in [0.3, 0.4) is 0 Å². The van der Waals surface area contributed by atoms with Gasteiger partial charge in [-0.1, -0.05) is 15.9 Å². The molecule has 0 amide bonds. The summed E-state index contributed by atoms with van der Waals surface area (Å²) in [6.45, 7) is 0. The van der Waals surface area contributed by atoms with Gasteiger partial charge in [-0.3, -0.25) is 0 Å². The molecule has 0 radical (unpaired) electrons. The SMILES string of the molecule is N#CC1(Cc2cc(F)ccc2Br)CC1.